The average molecular weight is 628 g/mol. The van der Waals surface area contributed by atoms with Gasteiger partial charge in [0.2, 0.25) is 0 Å². The number of hydrogen-bond acceptors (Lipinski definition) is 9. The molecule has 1 N–H and O–H groups in total. The minimum Gasteiger partial charge on any atom is -0.457 e. The highest BCUT2D eigenvalue weighted by atomic mass is 19.1. The zero-order valence-electron chi connectivity index (χ0n) is 26.7. The Bertz CT molecular complexity index is 1400. The van der Waals surface area contributed by atoms with Crippen LogP contribution in [0.1, 0.15) is 64.5 Å². The van der Waals surface area contributed by atoms with Crippen molar-refractivity contribution in [3.8, 4) is 0 Å². The van der Waals surface area contributed by atoms with E-state index in [2.05, 4.69) is 15.1 Å². The van der Waals surface area contributed by atoms with Crippen molar-refractivity contribution in [1.82, 2.24) is 24.8 Å². The molecular formula is C33H46FN5O6. The smallest absolute Gasteiger partial charge is 0.410 e. The minimum atomic E-state index is -0.882. The lowest BCUT2D eigenvalue weighted by Gasteiger charge is -2.33. The average Bonchev–Trinajstić information content (AvgIpc) is 3.45. The van der Waals surface area contributed by atoms with Crippen molar-refractivity contribution in [2.45, 2.75) is 77.2 Å². The standard InChI is InChI=1S/C33H46FN5O6/c1-21-5-7-26(40)20-30(41)45-32(22(2)6-8-29(21)44-33(42)38-13-11-37(4)12-14-38)23(3)17-24-18-27(34)31-28(19-24)35-39(36-31)25-9-15-43-16-10-25/h6,8,17-19,21-22,25-26,29,32,40H,5,7,9-16,20H2,1-4H3/b8-6+,23-17+/t21-,22-,26+,29-,32-/m0/s1. The number of aromatic nitrogens is 3. The Kier molecular flexibility index (Phi) is 10.9. The summed E-state index contributed by atoms with van der Waals surface area (Å²) >= 11 is 0. The molecule has 12 heteroatoms. The first-order chi connectivity index (χ1) is 21.6. The summed E-state index contributed by atoms with van der Waals surface area (Å²) in [7, 11) is 2.03. The molecule has 1 aromatic heterocycles. The Morgan fingerprint density at radius 1 is 1.07 bits per heavy atom. The third kappa shape index (κ3) is 8.47. The molecule has 2 aromatic rings. The van der Waals surface area contributed by atoms with Gasteiger partial charge < -0.3 is 29.1 Å². The predicted octanol–water partition coefficient (Wildman–Crippen LogP) is 4.36. The molecule has 45 heavy (non-hydrogen) atoms. The second kappa shape index (κ2) is 14.8. The van der Waals surface area contributed by atoms with E-state index >= 15 is 4.39 Å². The van der Waals surface area contributed by atoms with Crippen LogP contribution in [-0.4, -0.2) is 107 Å². The van der Waals surface area contributed by atoms with Crippen LogP contribution < -0.4 is 0 Å². The third-order valence-electron chi connectivity index (χ3n) is 9.10. The van der Waals surface area contributed by atoms with Crippen molar-refractivity contribution in [1.29, 1.82) is 0 Å². The van der Waals surface area contributed by atoms with Gasteiger partial charge in [0, 0.05) is 45.3 Å². The molecule has 0 aliphatic carbocycles. The van der Waals surface area contributed by atoms with Gasteiger partial charge in [-0.25, -0.2) is 9.18 Å². The third-order valence-corrected chi connectivity index (χ3v) is 9.10. The number of benzene rings is 1. The second-order valence-corrected chi connectivity index (χ2v) is 12.8. The van der Waals surface area contributed by atoms with Crippen LogP contribution in [0.5, 0.6) is 0 Å². The number of nitrogens with zero attached hydrogens (tertiary/aromatic N) is 5. The number of hydrogen-bond donors (Lipinski definition) is 1. The molecule has 3 aliphatic rings. The highest BCUT2D eigenvalue weighted by molar-refractivity contribution is 5.78. The van der Waals surface area contributed by atoms with Crippen LogP contribution in [0.15, 0.2) is 29.9 Å². The number of aliphatic hydroxyl groups is 1. The number of halogens is 1. The topological polar surface area (TPSA) is 119 Å². The second-order valence-electron chi connectivity index (χ2n) is 12.8. The van der Waals surface area contributed by atoms with Crippen LogP contribution >= 0.6 is 0 Å². The molecule has 0 bridgehead atoms. The zero-order valence-corrected chi connectivity index (χ0v) is 26.7. The first-order valence-corrected chi connectivity index (χ1v) is 16.1. The van der Waals surface area contributed by atoms with Crippen LogP contribution in [0.3, 0.4) is 0 Å². The number of esters is 1. The molecule has 0 unspecified atom stereocenters. The predicted molar refractivity (Wildman–Crippen MR) is 167 cm³/mol. The molecule has 5 atom stereocenters. The van der Waals surface area contributed by atoms with Crippen LogP contribution in [-0.2, 0) is 19.0 Å². The number of likely N-dealkylation sites (N-methyl/N-ethyl adjacent to an activating group) is 1. The van der Waals surface area contributed by atoms with Gasteiger partial charge in [-0.15, -0.1) is 5.10 Å². The lowest BCUT2D eigenvalue weighted by atomic mass is 9.91. The largest absolute Gasteiger partial charge is 0.457 e. The number of aliphatic hydroxyl groups excluding tert-OH is 1. The molecule has 2 fully saturated rings. The van der Waals surface area contributed by atoms with Gasteiger partial charge in [-0.1, -0.05) is 26.0 Å². The summed E-state index contributed by atoms with van der Waals surface area (Å²) in [6.07, 6.45) is 5.47. The Morgan fingerprint density at radius 2 is 1.80 bits per heavy atom. The fraction of sp³-hybridized carbons (Fsp3) is 0.636. The van der Waals surface area contributed by atoms with Gasteiger partial charge in [0.25, 0.3) is 0 Å². The maximum atomic E-state index is 15.2. The minimum absolute atomic E-state index is 0.0669. The fourth-order valence-electron chi connectivity index (χ4n) is 6.15. The van der Waals surface area contributed by atoms with Crippen LogP contribution in [0.25, 0.3) is 17.1 Å². The van der Waals surface area contributed by atoms with Gasteiger partial charge >= 0.3 is 12.1 Å². The lowest BCUT2D eigenvalue weighted by molar-refractivity contribution is -0.151. The van der Waals surface area contributed by atoms with E-state index in [0.717, 1.165) is 25.9 Å². The van der Waals surface area contributed by atoms with Gasteiger partial charge in [-0.2, -0.15) is 9.90 Å². The molecule has 11 nitrogen and oxygen atoms in total. The summed E-state index contributed by atoms with van der Waals surface area (Å²) < 4.78 is 32.5. The Hall–Kier alpha value is -3.35. The highest BCUT2D eigenvalue weighted by Crippen LogP contribution is 2.28. The summed E-state index contributed by atoms with van der Waals surface area (Å²) in [4.78, 5) is 31.4. The van der Waals surface area contributed by atoms with E-state index in [-0.39, 0.29) is 35.9 Å². The summed E-state index contributed by atoms with van der Waals surface area (Å²) in [6, 6.07) is 3.25. The van der Waals surface area contributed by atoms with Gasteiger partial charge in [-0.3, -0.25) is 4.79 Å². The number of carbonyl (C=O) groups excluding carboxylic acids is 2. The van der Waals surface area contributed by atoms with Crippen molar-refractivity contribution in [3.05, 3.63) is 41.2 Å². The van der Waals surface area contributed by atoms with Crippen LogP contribution in [0.4, 0.5) is 9.18 Å². The molecule has 246 valence electrons. The van der Waals surface area contributed by atoms with Crippen molar-refractivity contribution in [2.24, 2.45) is 11.8 Å². The molecule has 1 aromatic carbocycles. The molecule has 4 heterocycles. The van der Waals surface area contributed by atoms with E-state index in [1.54, 1.807) is 21.8 Å². The summed E-state index contributed by atoms with van der Waals surface area (Å²) in [6.45, 7) is 9.78. The highest BCUT2D eigenvalue weighted by Gasteiger charge is 2.29. The quantitative estimate of drug-likeness (QED) is 0.390. The Morgan fingerprint density at radius 3 is 2.53 bits per heavy atom. The van der Waals surface area contributed by atoms with E-state index in [9.17, 15) is 14.7 Å². The number of ether oxygens (including phenoxy) is 3. The van der Waals surface area contributed by atoms with Crippen LogP contribution in [0, 0.1) is 17.7 Å². The number of carbonyl (C=O) groups is 2. The molecular weight excluding hydrogens is 581 g/mol. The summed E-state index contributed by atoms with van der Waals surface area (Å²) in [5, 5.41) is 19.6. The molecule has 0 radical (unpaired) electrons. The molecule has 0 spiro atoms. The molecule has 1 amide bonds. The van der Waals surface area contributed by atoms with Gasteiger partial charge in [-0.05, 0) is 74.9 Å². The Labute approximate surface area is 264 Å². The van der Waals surface area contributed by atoms with E-state index in [1.165, 1.54) is 6.07 Å². The summed E-state index contributed by atoms with van der Waals surface area (Å²) in [5.41, 5.74) is 1.93. The van der Waals surface area contributed by atoms with Gasteiger partial charge in [0.15, 0.2) is 5.82 Å². The van der Waals surface area contributed by atoms with Gasteiger partial charge in [0.1, 0.15) is 23.2 Å². The van der Waals surface area contributed by atoms with Gasteiger partial charge in [0.05, 0.1) is 18.6 Å². The molecule has 5 rings (SSSR count). The molecule has 2 saturated heterocycles. The SMILES string of the molecule is C/C(=C\c1cc(F)c2nn(C3CCOCC3)nc2c1)[C@H]1OC(=O)C[C@H](O)CC[C@H](C)[C@@H](OC(=O)N2CCN(C)CC2)/C=C/[C@@H]1C. The molecule has 0 saturated carbocycles. The van der Waals surface area contributed by atoms with E-state index in [0.29, 0.717) is 55.8 Å². The van der Waals surface area contributed by atoms with Crippen molar-refractivity contribution >= 4 is 29.2 Å². The first kappa shape index (κ1) is 33.0. The number of piperazine rings is 1. The van der Waals surface area contributed by atoms with Crippen molar-refractivity contribution in [3.63, 3.8) is 0 Å². The first-order valence-electron chi connectivity index (χ1n) is 16.1. The monoisotopic (exact) mass is 627 g/mol. The Balaban J connectivity index is 1.37. The van der Waals surface area contributed by atoms with Crippen molar-refractivity contribution in [2.75, 3.05) is 46.4 Å². The number of rotatable bonds is 4. The maximum Gasteiger partial charge on any atom is 0.410 e. The van der Waals surface area contributed by atoms with E-state index in [1.807, 2.05) is 40.0 Å². The fourth-order valence-corrected chi connectivity index (χ4v) is 6.15. The molecule has 3 aliphatic heterocycles. The lowest BCUT2D eigenvalue weighted by Crippen LogP contribution is -2.48. The number of cyclic esters (lactones) is 1. The van der Waals surface area contributed by atoms with E-state index in [4.69, 9.17) is 14.2 Å². The summed E-state index contributed by atoms with van der Waals surface area (Å²) in [5.74, 6) is -1.36. The van der Waals surface area contributed by atoms with E-state index < -0.39 is 30.1 Å². The number of fused-ring (bicyclic) bond motifs is 1. The zero-order chi connectivity index (χ0) is 32.1. The number of amides is 1. The normalized spacial score (nSPS) is 29.1. The van der Waals surface area contributed by atoms with Crippen LogP contribution in [0.2, 0.25) is 0 Å². The van der Waals surface area contributed by atoms with Crippen molar-refractivity contribution < 1.29 is 33.3 Å². The maximum absolute atomic E-state index is 15.2.